The van der Waals surface area contributed by atoms with Gasteiger partial charge in [0.1, 0.15) is 0 Å². The molecule has 14 heavy (non-hydrogen) atoms. The molecule has 0 aliphatic carbocycles. The number of hydrogen-bond donors (Lipinski definition) is 1. The zero-order chi connectivity index (χ0) is 10.8. The fourth-order valence-corrected chi connectivity index (χ4v) is 1.32. The van der Waals surface area contributed by atoms with Gasteiger partial charge in [-0.2, -0.15) is 0 Å². The Hall–Kier alpha value is -1.02. The van der Waals surface area contributed by atoms with Crippen molar-refractivity contribution in [1.82, 2.24) is 0 Å². The molecule has 0 spiro atoms. The topological polar surface area (TPSA) is 29.3 Å². The Balaban J connectivity index is 2.94. The lowest BCUT2D eigenvalue weighted by molar-refractivity contribution is 0.498. The Morgan fingerprint density at radius 1 is 1.36 bits per heavy atom. The van der Waals surface area contributed by atoms with Gasteiger partial charge in [0.05, 0.1) is 0 Å². The van der Waals surface area contributed by atoms with Crippen molar-refractivity contribution < 1.29 is 0 Å². The van der Waals surface area contributed by atoms with Gasteiger partial charge in [-0.15, -0.1) is 0 Å². The summed E-state index contributed by atoms with van der Waals surface area (Å²) in [7, 11) is 2.08. The van der Waals surface area contributed by atoms with Crippen LogP contribution in [0.15, 0.2) is 24.3 Å². The Bertz CT molecular complexity index is 305. The van der Waals surface area contributed by atoms with Gasteiger partial charge < -0.3 is 10.6 Å². The molecular formula is C12H20N2. The third-order valence-corrected chi connectivity index (χ3v) is 2.80. The number of benzene rings is 1. The Morgan fingerprint density at radius 3 is 2.50 bits per heavy atom. The number of anilines is 1. The van der Waals surface area contributed by atoms with Crippen molar-refractivity contribution in [3.63, 3.8) is 0 Å². The maximum Gasteiger partial charge on any atom is 0.0464 e. The van der Waals surface area contributed by atoms with Crippen LogP contribution in [0, 0.1) is 6.92 Å². The van der Waals surface area contributed by atoms with Crippen molar-refractivity contribution in [3.05, 3.63) is 29.8 Å². The lowest BCUT2D eigenvalue weighted by Gasteiger charge is -2.36. The largest absolute Gasteiger partial charge is 0.368 e. The third-order valence-electron chi connectivity index (χ3n) is 2.80. The maximum absolute atomic E-state index is 5.74. The predicted octanol–water partition coefficient (Wildman–Crippen LogP) is 2.17. The van der Waals surface area contributed by atoms with E-state index in [0.717, 1.165) is 0 Å². The van der Waals surface area contributed by atoms with E-state index in [-0.39, 0.29) is 5.54 Å². The van der Waals surface area contributed by atoms with Crippen LogP contribution >= 0.6 is 0 Å². The van der Waals surface area contributed by atoms with Crippen LogP contribution in [0.25, 0.3) is 0 Å². The molecule has 0 atom stereocenters. The number of nitrogens with two attached hydrogens (primary N) is 1. The lowest BCUT2D eigenvalue weighted by atomic mass is 10.0. The summed E-state index contributed by atoms with van der Waals surface area (Å²) < 4.78 is 0. The molecule has 0 aliphatic rings. The summed E-state index contributed by atoms with van der Waals surface area (Å²) in [5.41, 5.74) is 8.25. The summed E-state index contributed by atoms with van der Waals surface area (Å²) in [4.78, 5) is 2.22. The summed E-state index contributed by atoms with van der Waals surface area (Å²) >= 11 is 0. The molecule has 0 saturated carbocycles. The zero-order valence-corrected chi connectivity index (χ0v) is 9.54. The molecule has 0 unspecified atom stereocenters. The predicted molar refractivity (Wildman–Crippen MR) is 62.7 cm³/mol. The molecule has 2 nitrogen and oxygen atoms in total. The summed E-state index contributed by atoms with van der Waals surface area (Å²) in [6, 6.07) is 8.47. The van der Waals surface area contributed by atoms with Gasteiger partial charge in [0.25, 0.3) is 0 Å². The van der Waals surface area contributed by atoms with Crippen molar-refractivity contribution >= 4 is 5.69 Å². The van der Waals surface area contributed by atoms with Crippen LogP contribution in [0.1, 0.15) is 19.4 Å². The second-order valence-corrected chi connectivity index (χ2v) is 4.41. The highest BCUT2D eigenvalue weighted by molar-refractivity contribution is 5.49. The van der Waals surface area contributed by atoms with Crippen LogP contribution in [0.3, 0.4) is 0 Å². The van der Waals surface area contributed by atoms with E-state index in [9.17, 15) is 0 Å². The van der Waals surface area contributed by atoms with Gasteiger partial charge in [0.15, 0.2) is 0 Å². The molecule has 0 saturated heterocycles. The van der Waals surface area contributed by atoms with E-state index in [1.54, 1.807) is 0 Å². The first-order chi connectivity index (χ1) is 6.47. The van der Waals surface area contributed by atoms with Gasteiger partial charge in [0, 0.05) is 24.8 Å². The fourth-order valence-electron chi connectivity index (χ4n) is 1.32. The van der Waals surface area contributed by atoms with E-state index in [4.69, 9.17) is 5.73 Å². The number of likely N-dealkylation sites (N-methyl/N-ethyl adjacent to an activating group) is 1. The van der Waals surface area contributed by atoms with Crippen molar-refractivity contribution in [2.24, 2.45) is 5.73 Å². The highest BCUT2D eigenvalue weighted by Gasteiger charge is 2.21. The van der Waals surface area contributed by atoms with Crippen molar-refractivity contribution in [3.8, 4) is 0 Å². The van der Waals surface area contributed by atoms with E-state index in [1.165, 1.54) is 11.3 Å². The third kappa shape index (κ3) is 2.26. The fraction of sp³-hybridized carbons (Fsp3) is 0.500. The smallest absolute Gasteiger partial charge is 0.0464 e. The van der Waals surface area contributed by atoms with Gasteiger partial charge in [-0.3, -0.25) is 0 Å². The van der Waals surface area contributed by atoms with Crippen molar-refractivity contribution in [1.29, 1.82) is 0 Å². The molecule has 1 aromatic carbocycles. The summed E-state index contributed by atoms with van der Waals surface area (Å²) in [5, 5.41) is 0. The minimum absolute atomic E-state index is 0.00773. The second-order valence-electron chi connectivity index (χ2n) is 4.41. The summed E-state index contributed by atoms with van der Waals surface area (Å²) in [6.07, 6.45) is 0. The van der Waals surface area contributed by atoms with Crippen molar-refractivity contribution in [2.75, 3.05) is 18.5 Å². The molecule has 0 fully saturated rings. The van der Waals surface area contributed by atoms with Gasteiger partial charge in [0.2, 0.25) is 0 Å². The number of rotatable bonds is 3. The van der Waals surface area contributed by atoms with E-state index in [1.807, 2.05) is 0 Å². The summed E-state index contributed by atoms with van der Waals surface area (Å²) in [5.74, 6) is 0. The van der Waals surface area contributed by atoms with Crippen LogP contribution < -0.4 is 10.6 Å². The Kier molecular flexibility index (Phi) is 3.17. The molecule has 0 aliphatic heterocycles. The van der Waals surface area contributed by atoms with Crippen LogP contribution in [-0.2, 0) is 0 Å². The molecule has 0 heterocycles. The monoisotopic (exact) mass is 192 g/mol. The Labute approximate surface area is 86.7 Å². The first-order valence-corrected chi connectivity index (χ1v) is 4.98. The van der Waals surface area contributed by atoms with Gasteiger partial charge in [-0.25, -0.2) is 0 Å². The number of aryl methyl sites for hydroxylation is 1. The number of hydrogen-bond acceptors (Lipinski definition) is 2. The zero-order valence-electron chi connectivity index (χ0n) is 9.54. The van der Waals surface area contributed by atoms with E-state index < -0.39 is 0 Å². The highest BCUT2D eigenvalue weighted by Crippen LogP contribution is 2.21. The van der Waals surface area contributed by atoms with Crippen LogP contribution in [0.2, 0.25) is 0 Å². The van der Waals surface area contributed by atoms with Crippen LogP contribution in [0.5, 0.6) is 0 Å². The molecule has 0 aromatic heterocycles. The lowest BCUT2D eigenvalue weighted by Crippen LogP contribution is -2.47. The van der Waals surface area contributed by atoms with E-state index in [2.05, 4.69) is 57.0 Å². The molecule has 2 N–H and O–H groups in total. The minimum Gasteiger partial charge on any atom is -0.368 e. The second kappa shape index (κ2) is 4.01. The average Bonchev–Trinajstić information content (AvgIpc) is 2.16. The van der Waals surface area contributed by atoms with Gasteiger partial charge in [-0.05, 0) is 38.5 Å². The van der Waals surface area contributed by atoms with Gasteiger partial charge >= 0.3 is 0 Å². The minimum atomic E-state index is 0.00773. The quantitative estimate of drug-likeness (QED) is 0.795. The molecule has 0 amide bonds. The summed E-state index contributed by atoms with van der Waals surface area (Å²) in [6.45, 7) is 7.05. The van der Waals surface area contributed by atoms with Crippen LogP contribution in [0.4, 0.5) is 5.69 Å². The van der Waals surface area contributed by atoms with E-state index >= 15 is 0 Å². The normalized spacial score (nSPS) is 11.5. The first kappa shape index (κ1) is 11.1. The average molecular weight is 192 g/mol. The SMILES string of the molecule is Cc1cccc(N(C)C(C)(C)CN)c1. The number of nitrogens with zero attached hydrogens (tertiary/aromatic N) is 1. The molecule has 1 rings (SSSR count). The highest BCUT2D eigenvalue weighted by atomic mass is 15.2. The molecular weight excluding hydrogens is 172 g/mol. The Morgan fingerprint density at radius 2 is 2.00 bits per heavy atom. The first-order valence-electron chi connectivity index (χ1n) is 4.98. The molecule has 78 valence electrons. The van der Waals surface area contributed by atoms with Gasteiger partial charge in [-0.1, -0.05) is 12.1 Å². The maximum atomic E-state index is 5.74. The van der Waals surface area contributed by atoms with E-state index in [0.29, 0.717) is 6.54 Å². The molecule has 0 bridgehead atoms. The van der Waals surface area contributed by atoms with Crippen molar-refractivity contribution in [2.45, 2.75) is 26.3 Å². The molecule has 0 radical (unpaired) electrons. The molecule has 2 heteroatoms. The standard InChI is InChI=1S/C12H20N2/c1-10-6-5-7-11(8-10)14(4)12(2,3)9-13/h5-8H,9,13H2,1-4H3. The molecule has 1 aromatic rings. The van der Waals surface area contributed by atoms with Crippen LogP contribution in [-0.4, -0.2) is 19.1 Å².